The van der Waals surface area contributed by atoms with Gasteiger partial charge in [-0.3, -0.25) is 15.0 Å². The summed E-state index contributed by atoms with van der Waals surface area (Å²) < 4.78 is 0. The molecule has 0 atom stereocenters. The summed E-state index contributed by atoms with van der Waals surface area (Å²) in [5.74, 6) is 0. The monoisotopic (exact) mass is 278 g/mol. The van der Waals surface area contributed by atoms with Crippen LogP contribution in [0, 0.1) is 17.0 Å². The van der Waals surface area contributed by atoms with Gasteiger partial charge in [0.25, 0.3) is 5.69 Å². The minimum absolute atomic E-state index is 0.121. The topological polar surface area (TPSA) is 89.8 Å². The summed E-state index contributed by atoms with van der Waals surface area (Å²) in [5, 5.41) is 21.6. The van der Waals surface area contributed by atoms with Crippen molar-refractivity contribution in [1.82, 2.24) is 9.80 Å². The van der Waals surface area contributed by atoms with Crippen LogP contribution in [0.3, 0.4) is 0 Å². The Labute approximate surface area is 116 Å². The number of carbonyl (C=O) groups excluding carboxylic acids is 1. The van der Waals surface area contributed by atoms with Crippen LogP contribution in [-0.2, 0) is 6.54 Å². The highest BCUT2D eigenvalue weighted by Gasteiger charge is 2.18. The predicted octanol–water partition coefficient (Wildman–Crippen LogP) is 0.364. The summed E-state index contributed by atoms with van der Waals surface area (Å²) in [7, 11) is 0. The number of hydrogen-bond acceptors (Lipinski definition) is 5. The molecule has 1 aliphatic heterocycles. The smallest absolute Gasteiger partial charge is 0.272 e. The molecule has 1 aliphatic rings. The number of nitro groups is 1. The molecule has 0 spiro atoms. The Morgan fingerprint density at radius 3 is 2.50 bits per heavy atom. The highest BCUT2D eigenvalue weighted by atomic mass is 16.6. The molecule has 1 amide bonds. The lowest BCUT2D eigenvalue weighted by molar-refractivity contribution is -0.385. The quantitative estimate of drug-likeness (QED) is 0.588. The van der Waals surface area contributed by atoms with Crippen LogP contribution in [0.2, 0.25) is 0 Å². The van der Waals surface area contributed by atoms with E-state index in [9.17, 15) is 20.0 Å². The second kappa shape index (κ2) is 5.87. The van der Waals surface area contributed by atoms with Crippen LogP contribution in [-0.4, -0.2) is 47.0 Å². The van der Waals surface area contributed by atoms with Crippen LogP contribution in [0.1, 0.15) is 11.1 Å². The molecule has 2 rings (SSSR count). The van der Waals surface area contributed by atoms with Crippen molar-refractivity contribution in [2.45, 2.75) is 13.5 Å². The molecule has 1 aromatic carbocycles. The average Bonchev–Trinajstić information content (AvgIpc) is 2.41. The van der Waals surface area contributed by atoms with E-state index in [1.807, 2.05) is 6.07 Å². The number of piperazine rings is 1. The molecule has 0 bridgehead atoms. The molecule has 0 unspecified atom stereocenters. The third-order valence-corrected chi connectivity index (χ3v) is 3.51. The van der Waals surface area contributed by atoms with Crippen LogP contribution < -0.4 is 5.11 Å². The van der Waals surface area contributed by atoms with E-state index in [0.717, 1.165) is 5.56 Å². The molecule has 0 aromatic heterocycles. The van der Waals surface area contributed by atoms with Gasteiger partial charge in [-0.2, -0.15) is 0 Å². The molecule has 1 saturated heterocycles. The van der Waals surface area contributed by atoms with E-state index < -0.39 is 6.09 Å². The Kier molecular flexibility index (Phi) is 4.19. The molecule has 0 saturated carbocycles. The first-order valence-corrected chi connectivity index (χ1v) is 6.39. The van der Waals surface area contributed by atoms with E-state index in [0.29, 0.717) is 38.3 Å². The first kappa shape index (κ1) is 14.3. The maximum atomic E-state index is 10.9. The maximum Gasteiger partial charge on any atom is 0.272 e. The second-order valence-corrected chi connectivity index (χ2v) is 4.91. The van der Waals surface area contributed by atoms with Crippen LogP contribution in [0.4, 0.5) is 10.5 Å². The lowest BCUT2D eigenvalue weighted by Crippen LogP contribution is -2.52. The van der Waals surface area contributed by atoms with Crippen molar-refractivity contribution in [2.24, 2.45) is 0 Å². The van der Waals surface area contributed by atoms with Gasteiger partial charge in [-0.1, -0.05) is 12.1 Å². The van der Waals surface area contributed by atoms with E-state index in [1.54, 1.807) is 19.1 Å². The van der Waals surface area contributed by atoms with Crippen molar-refractivity contribution in [3.63, 3.8) is 0 Å². The molecule has 7 nitrogen and oxygen atoms in total. The predicted molar refractivity (Wildman–Crippen MR) is 70.1 cm³/mol. The zero-order valence-electron chi connectivity index (χ0n) is 11.2. The number of rotatable bonds is 3. The number of nitrogens with zero attached hydrogens (tertiary/aromatic N) is 3. The number of hydrogen-bond donors (Lipinski definition) is 0. The van der Waals surface area contributed by atoms with E-state index in [4.69, 9.17) is 0 Å². The van der Waals surface area contributed by atoms with Gasteiger partial charge in [0.05, 0.1) is 4.92 Å². The van der Waals surface area contributed by atoms with Crippen molar-refractivity contribution < 1.29 is 14.8 Å². The summed E-state index contributed by atoms with van der Waals surface area (Å²) in [5.41, 5.74) is 1.63. The van der Waals surface area contributed by atoms with Gasteiger partial charge in [0, 0.05) is 44.4 Å². The van der Waals surface area contributed by atoms with Gasteiger partial charge >= 0.3 is 0 Å². The Balaban J connectivity index is 1.99. The average molecular weight is 278 g/mol. The van der Waals surface area contributed by atoms with Crippen LogP contribution in [0.25, 0.3) is 0 Å². The lowest BCUT2D eigenvalue weighted by atomic mass is 10.1. The Morgan fingerprint density at radius 1 is 1.30 bits per heavy atom. The number of nitro benzene ring substituents is 1. The van der Waals surface area contributed by atoms with Crippen LogP contribution >= 0.6 is 0 Å². The third-order valence-electron chi connectivity index (χ3n) is 3.51. The highest BCUT2D eigenvalue weighted by Crippen LogP contribution is 2.20. The SMILES string of the molecule is Cc1ccc(CN2CCN(C(=O)[O-])CC2)cc1[N+](=O)[O-]. The Morgan fingerprint density at radius 2 is 1.95 bits per heavy atom. The molecule has 1 fully saturated rings. The largest absolute Gasteiger partial charge is 0.530 e. The molecule has 0 radical (unpaired) electrons. The zero-order chi connectivity index (χ0) is 14.7. The fraction of sp³-hybridized carbons (Fsp3) is 0.462. The van der Waals surface area contributed by atoms with Gasteiger partial charge < -0.3 is 14.8 Å². The second-order valence-electron chi connectivity index (χ2n) is 4.91. The van der Waals surface area contributed by atoms with Crippen molar-refractivity contribution in [2.75, 3.05) is 26.2 Å². The summed E-state index contributed by atoms with van der Waals surface area (Å²) in [4.78, 5) is 24.6. The van der Waals surface area contributed by atoms with Gasteiger partial charge in [-0.05, 0) is 12.5 Å². The van der Waals surface area contributed by atoms with E-state index in [2.05, 4.69) is 4.90 Å². The summed E-state index contributed by atoms with van der Waals surface area (Å²) >= 11 is 0. The molecule has 1 aromatic rings. The summed E-state index contributed by atoms with van der Waals surface area (Å²) in [6.45, 7) is 4.33. The molecular weight excluding hydrogens is 262 g/mol. The first-order valence-electron chi connectivity index (χ1n) is 6.39. The maximum absolute atomic E-state index is 10.9. The standard InChI is InChI=1S/C13H17N3O4/c1-10-2-3-11(8-12(10)16(19)20)9-14-4-6-15(7-5-14)13(17)18/h2-3,8H,4-7,9H2,1H3,(H,17,18)/p-1. The fourth-order valence-electron chi connectivity index (χ4n) is 2.30. The summed E-state index contributed by atoms with van der Waals surface area (Å²) in [6.07, 6.45) is -1.14. The van der Waals surface area contributed by atoms with Crippen molar-refractivity contribution >= 4 is 11.8 Å². The first-order chi connectivity index (χ1) is 9.47. The van der Waals surface area contributed by atoms with Gasteiger partial charge in [-0.15, -0.1) is 0 Å². The molecule has 0 N–H and O–H groups in total. The molecule has 20 heavy (non-hydrogen) atoms. The Bertz CT molecular complexity index is 524. The number of aryl methyl sites for hydroxylation is 1. The number of amides is 1. The zero-order valence-corrected chi connectivity index (χ0v) is 11.2. The third kappa shape index (κ3) is 3.24. The van der Waals surface area contributed by atoms with Gasteiger partial charge in [0.2, 0.25) is 0 Å². The minimum atomic E-state index is -1.14. The summed E-state index contributed by atoms with van der Waals surface area (Å²) in [6, 6.07) is 5.19. The molecule has 1 heterocycles. The lowest BCUT2D eigenvalue weighted by Gasteiger charge is -2.36. The van der Waals surface area contributed by atoms with Crippen LogP contribution in [0.5, 0.6) is 0 Å². The van der Waals surface area contributed by atoms with Gasteiger partial charge in [0.15, 0.2) is 0 Å². The fourth-order valence-corrected chi connectivity index (χ4v) is 2.30. The normalized spacial score (nSPS) is 16.1. The van der Waals surface area contributed by atoms with Crippen molar-refractivity contribution in [1.29, 1.82) is 0 Å². The minimum Gasteiger partial charge on any atom is -0.530 e. The van der Waals surface area contributed by atoms with E-state index >= 15 is 0 Å². The van der Waals surface area contributed by atoms with Crippen molar-refractivity contribution in [3.05, 3.63) is 39.4 Å². The number of carboxylic acid groups (broad SMARTS) is 1. The molecule has 0 aliphatic carbocycles. The highest BCUT2D eigenvalue weighted by molar-refractivity contribution is 5.62. The van der Waals surface area contributed by atoms with Gasteiger partial charge in [-0.25, -0.2) is 0 Å². The van der Waals surface area contributed by atoms with Crippen molar-refractivity contribution in [3.8, 4) is 0 Å². The molecule has 7 heteroatoms. The van der Waals surface area contributed by atoms with Gasteiger partial charge in [0.1, 0.15) is 6.09 Å². The number of benzene rings is 1. The van der Waals surface area contributed by atoms with Crippen LogP contribution in [0.15, 0.2) is 18.2 Å². The molecule has 108 valence electrons. The Hall–Kier alpha value is -2.15. The van der Waals surface area contributed by atoms with E-state index in [-0.39, 0.29) is 10.6 Å². The van der Waals surface area contributed by atoms with E-state index in [1.165, 1.54) is 4.90 Å². The number of carbonyl (C=O) groups is 1. The molecular formula is C13H16N3O4-.